The highest BCUT2D eigenvalue weighted by atomic mass is 16.3. The maximum atomic E-state index is 11.6. The Balaban J connectivity index is 2.22. The molecule has 0 aliphatic carbocycles. The molecule has 0 fully saturated rings. The van der Waals surface area contributed by atoms with E-state index in [0.29, 0.717) is 13.1 Å². The molecule has 1 heterocycles. The van der Waals surface area contributed by atoms with Gasteiger partial charge in [0.1, 0.15) is 5.76 Å². The Bertz CT molecular complexity index is 281. The number of hydrogen-bond acceptors (Lipinski definition) is 4. The van der Waals surface area contributed by atoms with Gasteiger partial charge in [0.25, 0.3) is 0 Å². The molecule has 5 nitrogen and oxygen atoms in total. The van der Waals surface area contributed by atoms with E-state index in [9.17, 15) is 4.79 Å². The average molecular weight is 211 g/mol. The predicted octanol–water partition coefficient (Wildman–Crippen LogP) is 0.633. The number of hydrogen-bond donors (Lipinski definition) is 1. The number of carbonyl (C=O) groups excluding carboxylic acids is 1. The van der Waals surface area contributed by atoms with E-state index in [0.717, 1.165) is 18.8 Å². The molecule has 84 valence electrons. The van der Waals surface area contributed by atoms with Gasteiger partial charge in [0.2, 0.25) is 5.91 Å². The molecular weight excluding hydrogens is 194 g/mol. The largest absolute Gasteiger partial charge is 0.447 e. The molecule has 1 rings (SSSR count). The lowest BCUT2D eigenvalue weighted by molar-refractivity contribution is -0.129. The van der Waals surface area contributed by atoms with Gasteiger partial charge >= 0.3 is 0 Å². The first-order valence-electron chi connectivity index (χ1n) is 5.13. The number of aromatic nitrogens is 1. The standard InChI is InChI=1S/C10H17N3O2/c1-3-13(4-2)10(14)7-11-5-9-6-12-8-15-9/h6,8,11H,3-5,7H2,1-2H3. The molecule has 0 atom stereocenters. The monoisotopic (exact) mass is 211 g/mol. The summed E-state index contributed by atoms with van der Waals surface area (Å²) < 4.78 is 5.03. The summed E-state index contributed by atoms with van der Waals surface area (Å²) in [7, 11) is 0. The molecule has 0 unspecified atom stereocenters. The van der Waals surface area contributed by atoms with Gasteiger partial charge in [-0.1, -0.05) is 0 Å². The maximum absolute atomic E-state index is 11.6. The fourth-order valence-corrected chi connectivity index (χ4v) is 1.31. The Morgan fingerprint density at radius 1 is 1.53 bits per heavy atom. The van der Waals surface area contributed by atoms with Crippen molar-refractivity contribution < 1.29 is 9.21 Å². The second-order valence-electron chi connectivity index (χ2n) is 3.14. The van der Waals surface area contributed by atoms with Gasteiger partial charge in [-0.15, -0.1) is 0 Å². The van der Waals surface area contributed by atoms with Crippen molar-refractivity contribution in [1.82, 2.24) is 15.2 Å². The van der Waals surface area contributed by atoms with Gasteiger partial charge < -0.3 is 14.6 Å². The number of nitrogens with zero attached hydrogens (tertiary/aromatic N) is 2. The van der Waals surface area contributed by atoms with Crippen LogP contribution in [0.15, 0.2) is 17.0 Å². The van der Waals surface area contributed by atoms with Crippen molar-refractivity contribution >= 4 is 5.91 Å². The smallest absolute Gasteiger partial charge is 0.236 e. The molecule has 0 bridgehead atoms. The van der Waals surface area contributed by atoms with Crippen molar-refractivity contribution in [3.63, 3.8) is 0 Å². The molecule has 0 saturated carbocycles. The SMILES string of the molecule is CCN(CC)C(=O)CNCc1cnco1. The van der Waals surface area contributed by atoms with Gasteiger partial charge in [0, 0.05) is 13.1 Å². The van der Waals surface area contributed by atoms with Gasteiger partial charge in [0.15, 0.2) is 6.39 Å². The highest BCUT2D eigenvalue weighted by Gasteiger charge is 2.08. The van der Waals surface area contributed by atoms with Crippen LogP contribution in [0.2, 0.25) is 0 Å². The first kappa shape index (κ1) is 11.7. The minimum Gasteiger partial charge on any atom is -0.447 e. The number of rotatable bonds is 6. The van der Waals surface area contributed by atoms with E-state index >= 15 is 0 Å². The summed E-state index contributed by atoms with van der Waals surface area (Å²) in [5.41, 5.74) is 0. The van der Waals surface area contributed by atoms with E-state index in [1.54, 1.807) is 11.1 Å². The number of nitrogens with one attached hydrogen (secondary N) is 1. The van der Waals surface area contributed by atoms with Crippen LogP contribution in [0.4, 0.5) is 0 Å². The van der Waals surface area contributed by atoms with Crippen LogP contribution >= 0.6 is 0 Å². The van der Waals surface area contributed by atoms with Crippen LogP contribution in [0, 0.1) is 0 Å². The fourth-order valence-electron chi connectivity index (χ4n) is 1.31. The fraction of sp³-hybridized carbons (Fsp3) is 0.600. The quantitative estimate of drug-likeness (QED) is 0.750. The molecule has 0 spiro atoms. The summed E-state index contributed by atoms with van der Waals surface area (Å²) >= 11 is 0. The molecule has 15 heavy (non-hydrogen) atoms. The first-order chi connectivity index (χ1) is 7.27. The van der Waals surface area contributed by atoms with E-state index in [1.807, 2.05) is 13.8 Å². The summed E-state index contributed by atoms with van der Waals surface area (Å²) in [6.07, 6.45) is 3.01. The molecule has 0 radical (unpaired) electrons. The van der Waals surface area contributed by atoms with Crippen LogP contribution in [0.3, 0.4) is 0 Å². The highest BCUT2D eigenvalue weighted by molar-refractivity contribution is 5.78. The lowest BCUT2D eigenvalue weighted by atomic mass is 10.4. The van der Waals surface area contributed by atoms with E-state index in [4.69, 9.17) is 4.42 Å². The third-order valence-electron chi connectivity index (χ3n) is 2.18. The molecular formula is C10H17N3O2. The summed E-state index contributed by atoms with van der Waals surface area (Å²) in [6, 6.07) is 0. The second kappa shape index (κ2) is 6.19. The minimum atomic E-state index is 0.111. The van der Waals surface area contributed by atoms with Crippen LogP contribution < -0.4 is 5.32 Å². The van der Waals surface area contributed by atoms with Crippen LogP contribution in [0.1, 0.15) is 19.6 Å². The normalized spacial score (nSPS) is 10.3. The van der Waals surface area contributed by atoms with Crippen molar-refractivity contribution in [1.29, 1.82) is 0 Å². The zero-order valence-corrected chi connectivity index (χ0v) is 9.19. The van der Waals surface area contributed by atoms with Crippen LogP contribution in [-0.4, -0.2) is 35.4 Å². The molecule has 1 aromatic heterocycles. The minimum absolute atomic E-state index is 0.111. The zero-order valence-electron chi connectivity index (χ0n) is 9.19. The molecule has 1 N–H and O–H groups in total. The van der Waals surface area contributed by atoms with E-state index in [2.05, 4.69) is 10.3 Å². The Hall–Kier alpha value is -1.36. The highest BCUT2D eigenvalue weighted by Crippen LogP contribution is 1.95. The predicted molar refractivity (Wildman–Crippen MR) is 56.1 cm³/mol. The average Bonchev–Trinajstić information content (AvgIpc) is 2.72. The maximum Gasteiger partial charge on any atom is 0.236 e. The third-order valence-corrected chi connectivity index (χ3v) is 2.18. The Labute approximate surface area is 89.5 Å². The molecule has 1 amide bonds. The van der Waals surface area contributed by atoms with Gasteiger partial charge in [-0.3, -0.25) is 4.79 Å². The summed E-state index contributed by atoms with van der Waals surface area (Å²) in [6.45, 7) is 6.31. The Morgan fingerprint density at radius 3 is 2.80 bits per heavy atom. The lowest BCUT2D eigenvalue weighted by Crippen LogP contribution is -2.37. The molecule has 1 aromatic rings. The number of amides is 1. The molecule has 0 saturated heterocycles. The van der Waals surface area contributed by atoms with Gasteiger partial charge in [0.05, 0.1) is 19.3 Å². The van der Waals surface area contributed by atoms with E-state index < -0.39 is 0 Å². The van der Waals surface area contributed by atoms with Crippen molar-refractivity contribution in [2.75, 3.05) is 19.6 Å². The lowest BCUT2D eigenvalue weighted by Gasteiger charge is -2.18. The third kappa shape index (κ3) is 3.71. The summed E-state index contributed by atoms with van der Waals surface area (Å²) in [5, 5.41) is 3.01. The van der Waals surface area contributed by atoms with Crippen molar-refractivity contribution in [3.05, 3.63) is 18.4 Å². The summed E-state index contributed by atoms with van der Waals surface area (Å²) in [4.78, 5) is 17.1. The molecule has 0 aliphatic heterocycles. The second-order valence-corrected chi connectivity index (χ2v) is 3.14. The molecule has 0 aromatic carbocycles. The number of likely N-dealkylation sites (N-methyl/N-ethyl adjacent to an activating group) is 1. The van der Waals surface area contributed by atoms with Crippen LogP contribution in [0.5, 0.6) is 0 Å². The topological polar surface area (TPSA) is 58.4 Å². The van der Waals surface area contributed by atoms with Crippen molar-refractivity contribution in [3.8, 4) is 0 Å². The van der Waals surface area contributed by atoms with Gasteiger partial charge in [-0.2, -0.15) is 0 Å². The van der Waals surface area contributed by atoms with Crippen LogP contribution in [0.25, 0.3) is 0 Å². The number of oxazole rings is 1. The molecule has 5 heteroatoms. The van der Waals surface area contributed by atoms with Crippen molar-refractivity contribution in [2.24, 2.45) is 0 Å². The van der Waals surface area contributed by atoms with E-state index in [-0.39, 0.29) is 5.91 Å². The summed E-state index contributed by atoms with van der Waals surface area (Å²) in [5.74, 6) is 0.849. The first-order valence-corrected chi connectivity index (χ1v) is 5.13. The number of carbonyl (C=O) groups is 1. The van der Waals surface area contributed by atoms with Crippen molar-refractivity contribution in [2.45, 2.75) is 20.4 Å². The Morgan fingerprint density at radius 2 is 2.27 bits per heavy atom. The Kier molecular flexibility index (Phi) is 4.83. The zero-order chi connectivity index (χ0) is 11.1. The van der Waals surface area contributed by atoms with Gasteiger partial charge in [-0.25, -0.2) is 4.98 Å². The molecule has 0 aliphatic rings. The van der Waals surface area contributed by atoms with Crippen LogP contribution in [-0.2, 0) is 11.3 Å². The van der Waals surface area contributed by atoms with Gasteiger partial charge in [-0.05, 0) is 13.8 Å². The van der Waals surface area contributed by atoms with E-state index in [1.165, 1.54) is 6.39 Å².